The number of hydrogen-bond acceptors (Lipinski definition) is 7. The van der Waals surface area contributed by atoms with E-state index in [0.29, 0.717) is 34.7 Å². The van der Waals surface area contributed by atoms with Crippen LogP contribution < -0.4 is 5.32 Å². The Hall–Kier alpha value is -3.66. The molecule has 1 N–H and O–H groups in total. The molecule has 0 bridgehead atoms. The smallest absolute Gasteiger partial charge is 0.737 e. The number of nitrogens with zero attached hydrogens (tertiary/aromatic N) is 4. The molecule has 2 aliphatic rings. The molecule has 0 fully saturated rings. The number of carbonyl (C=O) groups excluding carboxylic acids is 2. The van der Waals surface area contributed by atoms with Crippen LogP contribution in [0.1, 0.15) is 41.8 Å². The Kier molecular flexibility index (Phi) is 10.4. The van der Waals surface area contributed by atoms with Crippen molar-refractivity contribution in [3.63, 3.8) is 0 Å². The number of carbonyl (C=O) groups is 2. The largest absolute Gasteiger partial charge is 0.746 e. The first kappa shape index (κ1) is 35.2. The maximum atomic E-state index is 16.8. The normalized spacial score (nSPS) is 16.5. The Morgan fingerprint density at radius 2 is 1.80 bits per heavy atom. The maximum absolute atomic E-state index is 16.8. The van der Waals surface area contributed by atoms with Gasteiger partial charge >= 0.3 is 12.9 Å². The summed E-state index contributed by atoms with van der Waals surface area (Å²) in [6.07, 6.45) is 4.37. The molecule has 0 spiro atoms. The summed E-state index contributed by atoms with van der Waals surface area (Å²) in [6, 6.07) is 10.6. The molecule has 46 heavy (non-hydrogen) atoms. The molecule has 1 unspecified atom stereocenters. The van der Waals surface area contributed by atoms with E-state index in [4.69, 9.17) is 4.74 Å². The fourth-order valence-electron chi connectivity index (χ4n) is 5.70. The molecule has 2 aromatic rings. The number of ether oxygens (including phenoxy) is 1. The van der Waals surface area contributed by atoms with Gasteiger partial charge in [0.05, 0.1) is 27.7 Å². The minimum atomic E-state index is -5.30. The highest BCUT2D eigenvalue weighted by Crippen LogP contribution is 2.39. The average Bonchev–Trinajstić information content (AvgIpc) is 3.48. The van der Waals surface area contributed by atoms with Crippen LogP contribution >= 0.6 is 0 Å². The third kappa shape index (κ3) is 8.00. The second-order valence-electron chi connectivity index (χ2n) is 13.0. The Balaban J connectivity index is 1.62. The second kappa shape index (κ2) is 13.6. The van der Waals surface area contributed by atoms with Gasteiger partial charge in [-0.3, -0.25) is 4.79 Å². The molecule has 0 saturated heterocycles. The van der Waals surface area contributed by atoms with Gasteiger partial charge in [0, 0.05) is 48.4 Å². The van der Waals surface area contributed by atoms with Crippen LogP contribution in [0.3, 0.4) is 0 Å². The minimum absolute atomic E-state index is 0.156. The molecule has 11 nitrogen and oxygen atoms in total. The molecule has 0 saturated carbocycles. The van der Waals surface area contributed by atoms with Gasteiger partial charge in [-0.05, 0) is 63.3 Å². The highest BCUT2D eigenvalue weighted by molar-refractivity contribution is 7.87. The monoisotopic (exact) mass is 661 g/mol. The fourth-order valence-corrected chi connectivity index (χ4v) is 6.28. The third-order valence-corrected chi connectivity index (χ3v) is 8.83. The van der Waals surface area contributed by atoms with Gasteiger partial charge in [-0.25, -0.2) is 13.2 Å². The van der Waals surface area contributed by atoms with E-state index in [1.165, 1.54) is 0 Å². The maximum Gasteiger partial charge on any atom is 0.737 e. The van der Waals surface area contributed by atoms with Crippen LogP contribution in [0.5, 0.6) is 0 Å². The standard InChI is InChI=1S/C31H42BF2N5O6S/c1-22-19-25(14-15-29(40)35-30(46(42,43)44)31(41)45-18-16-36(2)3)37-26(22)21-28-24(13-10-17-39(4,5)6)20-27(38(28)32(37,33)34)23-11-8-7-9-12-23/h7-9,11-12,19-21,30H,10,13-18H2,1-6H3,(H-,35,40,42,43,44). The van der Waals surface area contributed by atoms with Crippen LogP contribution in [-0.4, -0.2) is 116 Å². The zero-order valence-electron chi connectivity index (χ0n) is 27.1. The molecule has 4 rings (SSSR count). The Morgan fingerprint density at radius 3 is 2.41 bits per heavy atom. The number of allylic oxidation sites excluding steroid dienone is 2. The van der Waals surface area contributed by atoms with E-state index < -0.39 is 40.8 Å². The number of aromatic nitrogens is 1. The fraction of sp³-hybridized carbons (Fsp3) is 0.452. The van der Waals surface area contributed by atoms with Crippen molar-refractivity contribution in [3.8, 4) is 0 Å². The van der Waals surface area contributed by atoms with Gasteiger partial charge in [0.2, 0.25) is 11.3 Å². The van der Waals surface area contributed by atoms with E-state index in [2.05, 4.69) is 21.1 Å². The van der Waals surface area contributed by atoms with Crippen LogP contribution in [0, 0.1) is 6.92 Å². The average molecular weight is 662 g/mol. The number of nitrogens with one attached hydrogen (secondary N) is 1. The van der Waals surface area contributed by atoms with Gasteiger partial charge in [0.15, 0.2) is 11.4 Å². The van der Waals surface area contributed by atoms with Crippen molar-refractivity contribution in [1.82, 2.24) is 14.7 Å². The summed E-state index contributed by atoms with van der Waals surface area (Å²) in [5.41, 5.74) is 3.36. The molecule has 1 aromatic heterocycles. The number of quaternary nitrogens is 1. The minimum Gasteiger partial charge on any atom is -0.746 e. The molecule has 250 valence electrons. The van der Waals surface area contributed by atoms with Crippen molar-refractivity contribution < 1.29 is 44.9 Å². The number of halogens is 2. The Bertz CT molecular complexity index is 1700. The molecule has 0 aliphatic carbocycles. The highest BCUT2D eigenvalue weighted by atomic mass is 32.2. The molecule has 0 radical (unpaired) electrons. The number of likely N-dealkylation sites (N-methyl/N-ethyl adjacent to an activating group) is 1. The number of amides is 1. The van der Waals surface area contributed by atoms with Crippen LogP contribution in [0.25, 0.3) is 6.08 Å². The Labute approximate surface area is 269 Å². The quantitative estimate of drug-likeness (QED) is 0.143. The molecule has 1 aromatic carbocycles. The van der Waals surface area contributed by atoms with Gasteiger partial charge in [-0.15, -0.1) is 0 Å². The van der Waals surface area contributed by atoms with E-state index in [-0.39, 0.29) is 25.3 Å². The number of hydrogen-bond donors (Lipinski definition) is 1. The van der Waals surface area contributed by atoms with Gasteiger partial charge in [0.1, 0.15) is 16.7 Å². The topological polar surface area (TPSA) is 124 Å². The summed E-state index contributed by atoms with van der Waals surface area (Å²) < 4.78 is 76.5. The van der Waals surface area contributed by atoms with Crippen molar-refractivity contribution in [2.24, 2.45) is 0 Å². The van der Waals surface area contributed by atoms with Crippen molar-refractivity contribution in [3.05, 3.63) is 76.3 Å². The van der Waals surface area contributed by atoms with E-state index in [9.17, 15) is 22.6 Å². The lowest BCUT2D eigenvalue weighted by molar-refractivity contribution is -0.870. The lowest BCUT2D eigenvalue weighted by Gasteiger charge is -2.32. The van der Waals surface area contributed by atoms with E-state index in [1.807, 2.05) is 17.5 Å². The van der Waals surface area contributed by atoms with Crippen molar-refractivity contribution in [1.29, 1.82) is 0 Å². The molecule has 2 aliphatic heterocycles. The summed E-state index contributed by atoms with van der Waals surface area (Å²) >= 11 is 0. The van der Waals surface area contributed by atoms with Gasteiger partial charge in [-0.2, -0.15) is 0 Å². The summed E-state index contributed by atoms with van der Waals surface area (Å²) in [6.45, 7) is -1.75. The number of benzene rings is 1. The number of fused-ring (bicyclic) bond motifs is 2. The van der Waals surface area contributed by atoms with Gasteiger partial charge in [-0.1, -0.05) is 18.2 Å². The van der Waals surface area contributed by atoms with Crippen LogP contribution in [-0.2, 0) is 30.9 Å². The number of esters is 1. The molecule has 3 heterocycles. The first-order valence-corrected chi connectivity index (χ1v) is 16.6. The summed E-state index contributed by atoms with van der Waals surface area (Å²) in [4.78, 5) is 26.7. The number of aryl methyl sites for hydroxylation is 2. The summed E-state index contributed by atoms with van der Waals surface area (Å²) in [7, 11) is 4.37. The zero-order valence-corrected chi connectivity index (χ0v) is 27.9. The lowest BCUT2D eigenvalue weighted by Crippen LogP contribution is -2.51. The lowest BCUT2D eigenvalue weighted by atomic mass is 9.88. The predicted octanol–water partition coefficient (Wildman–Crippen LogP) is 2.33. The highest BCUT2D eigenvalue weighted by Gasteiger charge is 2.54. The molecular weight excluding hydrogens is 619 g/mol. The van der Waals surface area contributed by atoms with E-state index >= 15 is 8.63 Å². The molecular formula is C31H42BF2N5O6S. The van der Waals surface area contributed by atoms with Crippen LogP contribution in [0.4, 0.5) is 8.63 Å². The van der Waals surface area contributed by atoms with Gasteiger partial charge < -0.3 is 41.6 Å². The van der Waals surface area contributed by atoms with Crippen LogP contribution in [0.2, 0.25) is 0 Å². The predicted molar refractivity (Wildman–Crippen MR) is 171 cm³/mol. The van der Waals surface area contributed by atoms with Crippen molar-refractivity contribution in [2.75, 3.05) is 54.9 Å². The first-order valence-electron chi connectivity index (χ1n) is 15.1. The summed E-state index contributed by atoms with van der Waals surface area (Å²) in [5, 5.41) is -0.530. The van der Waals surface area contributed by atoms with Gasteiger partial charge in [0.25, 0.3) is 0 Å². The second-order valence-corrected chi connectivity index (χ2v) is 14.5. The van der Waals surface area contributed by atoms with E-state index in [1.54, 1.807) is 62.3 Å². The van der Waals surface area contributed by atoms with E-state index in [0.717, 1.165) is 32.0 Å². The number of rotatable bonds is 14. The zero-order chi connectivity index (χ0) is 34.0. The SMILES string of the molecule is Cc1cc(CCC(=O)NC(C(=O)OCCN(C)C)S(=O)(=O)[O-])n2c1C=C1C(CCC[N+](C)(C)C)=CC(c3ccccc3)=[N+]1[B-]2(F)F. The molecule has 1 amide bonds. The molecule has 15 heteroatoms. The Morgan fingerprint density at radius 1 is 1.13 bits per heavy atom. The first-order chi connectivity index (χ1) is 21.4. The van der Waals surface area contributed by atoms with Crippen LogP contribution in [0.15, 0.2) is 53.7 Å². The van der Waals surface area contributed by atoms with Crippen molar-refractivity contribution >= 4 is 40.8 Å². The summed E-state index contributed by atoms with van der Waals surface area (Å²) in [5.74, 6) is -2.37. The van der Waals surface area contributed by atoms with Crippen molar-refractivity contribution in [2.45, 2.75) is 38.0 Å². The molecule has 1 atom stereocenters. The third-order valence-electron chi connectivity index (χ3n) is 7.94.